The van der Waals surface area contributed by atoms with E-state index in [1.807, 2.05) is 0 Å². The third-order valence-electron chi connectivity index (χ3n) is 9.69. The molecule has 11 nitrogen and oxygen atoms in total. The average Bonchev–Trinajstić information content (AvgIpc) is 3.01. The van der Waals surface area contributed by atoms with Crippen LogP contribution >= 0.6 is 0 Å². The van der Waals surface area contributed by atoms with Gasteiger partial charge in [-0.05, 0) is 44.1 Å². The Balaban J connectivity index is 1.75. The number of carbonyl (C=O) groups is 4. The summed E-state index contributed by atoms with van der Waals surface area (Å²) in [6.07, 6.45) is -5.55. The number of allylic oxidation sites excluding steroid dienone is 3. The van der Waals surface area contributed by atoms with Gasteiger partial charge >= 0.3 is 17.9 Å². The first-order valence-corrected chi connectivity index (χ1v) is 12.8. The Kier molecular flexibility index (Phi) is 6.28. The second-order valence-electron chi connectivity index (χ2n) is 11.9. The standard InChI is InChI=1S/C27H34O11/c1-10(2)6-15(29)38-22-17-16(24(33)35-5)21-19(31)20(32)23-26(4)8-13(28)18(30)11(3)12(26)7-14(37-25(22)34)27(17,23)9-36-21/h6,12,14,16-17,19-23,30-32H,7-9H2,1-5H3/t12-,14+,16?,17+,19-,20-,21+,22+,23?,26-,27-/m0/s1. The summed E-state index contributed by atoms with van der Waals surface area (Å²) in [5.41, 5.74) is -1.28. The number of aliphatic hydroxyl groups is 3. The molecule has 3 N–H and O–H groups in total. The number of aliphatic hydroxyl groups excluding tert-OH is 3. The van der Waals surface area contributed by atoms with Crippen molar-refractivity contribution in [1.82, 2.24) is 0 Å². The largest absolute Gasteiger partial charge is 0.504 e. The lowest BCUT2D eigenvalue weighted by atomic mass is 9.41. The van der Waals surface area contributed by atoms with Crippen molar-refractivity contribution in [2.24, 2.45) is 34.5 Å². The summed E-state index contributed by atoms with van der Waals surface area (Å²) >= 11 is 0. The number of fused-ring (bicyclic) bond motifs is 3. The zero-order valence-electron chi connectivity index (χ0n) is 22.0. The van der Waals surface area contributed by atoms with Crippen LogP contribution in [0.2, 0.25) is 0 Å². The van der Waals surface area contributed by atoms with Crippen molar-refractivity contribution in [2.75, 3.05) is 13.7 Å². The summed E-state index contributed by atoms with van der Waals surface area (Å²) in [4.78, 5) is 52.4. The lowest BCUT2D eigenvalue weighted by Gasteiger charge is -2.66. The first kappa shape index (κ1) is 26.8. The molecule has 3 heterocycles. The minimum atomic E-state index is -1.58. The van der Waals surface area contributed by atoms with Crippen LogP contribution in [0.3, 0.4) is 0 Å². The van der Waals surface area contributed by atoms with E-state index in [1.165, 1.54) is 6.08 Å². The highest BCUT2D eigenvalue weighted by Gasteiger charge is 2.78. The van der Waals surface area contributed by atoms with Crippen molar-refractivity contribution in [3.63, 3.8) is 0 Å². The van der Waals surface area contributed by atoms with Gasteiger partial charge in [0.05, 0.1) is 31.8 Å². The molecule has 208 valence electrons. The van der Waals surface area contributed by atoms with Gasteiger partial charge in [0.1, 0.15) is 12.2 Å². The highest BCUT2D eigenvalue weighted by Crippen LogP contribution is 2.69. The molecular weight excluding hydrogens is 500 g/mol. The molecule has 0 radical (unpaired) electrons. The van der Waals surface area contributed by atoms with Crippen LogP contribution in [0.25, 0.3) is 0 Å². The van der Waals surface area contributed by atoms with Crippen molar-refractivity contribution in [1.29, 1.82) is 0 Å². The number of Topliss-reactive ketones (excluding diaryl/α,β-unsaturated/α-hetero) is 1. The predicted molar refractivity (Wildman–Crippen MR) is 127 cm³/mol. The summed E-state index contributed by atoms with van der Waals surface area (Å²) in [6.45, 7) is 6.69. The third kappa shape index (κ3) is 3.44. The van der Waals surface area contributed by atoms with E-state index >= 15 is 0 Å². The van der Waals surface area contributed by atoms with E-state index in [0.29, 0.717) is 11.1 Å². The quantitative estimate of drug-likeness (QED) is 0.266. The van der Waals surface area contributed by atoms with Crippen LogP contribution in [-0.2, 0) is 38.1 Å². The van der Waals surface area contributed by atoms with Gasteiger partial charge in [0.15, 0.2) is 11.5 Å². The zero-order chi connectivity index (χ0) is 27.9. The fourth-order valence-corrected chi connectivity index (χ4v) is 8.36. The van der Waals surface area contributed by atoms with Gasteiger partial charge in [0, 0.05) is 29.7 Å². The van der Waals surface area contributed by atoms with Gasteiger partial charge in [-0.15, -0.1) is 0 Å². The van der Waals surface area contributed by atoms with Gasteiger partial charge in [0.25, 0.3) is 0 Å². The molecule has 0 amide bonds. The van der Waals surface area contributed by atoms with Crippen molar-refractivity contribution < 1.29 is 53.4 Å². The SMILES string of the molecule is COC(=O)C1[C@H]2OC[C@]34C([C@@H](O)[C@@H]2O)[C@@]2(C)CC(=O)C(O)=C(C)[C@@H]2C[C@H]3OC(=O)[C@H](OC(=O)C=C(C)C)[C@@H]14. The van der Waals surface area contributed by atoms with Crippen LogP contribution in [-0.4, -0.2) is 83.2 Å². The topological polar surface area (TPSA) is 166 Å². The third-order valence-corrected chi connectivity index (χ3v) is 9.69. The number of ketones is 1. The number of ether oxygens (including phenoxy) is 4. The second kappa shape index (κ2) is 8.89. The van der Waals surface area contributed by atoms with Gasteiger partial charge in [-0.1, -0.05) is 12.5 Å². The summed E-state index contributed by atoms with van der Waals surface area (Å²) in [5.74, 6) is -7.05. The van der Waals surface area contributed by atoms with Gasteiger partial charge in [-0.2, -0.15) is 0 Å². The van der Waals surface area contributed by atoms with Gasteiger partial charge in [-0.3, -0.25) is 9.59 Å². The van der Waals surface area contributed by atoms with E-state index in [2.05, 4.69) is 0 Å². The fourth-order valence-electron chi connectivity index (χ4n) is 8.36. The monoisotopic (exact) mass is 534 g/mol. The number of esters is 3. The van der Waals surface area contributed by atoms with E-state index in [1.54, 1.807) is 27.7 Å². The summed E-state index contributed by atoms with van der Waals surface area (Å²) in [7, 11) is 1.16. The maximum Gasteiger partial charge on any atom is 0.348 e. The molecular formula is C27H34O11. The molecule has 3 aliphatic carbocycles. The van der Waals surface area contributed by atoms with Crippen LogP contribution in [0.5, 0.6) is 0 Å². The highest BCUT2D eigenvalue weighted by molar-refractivity contribution is 5.95. The minimum Gasteiger partial charge on any atom is -0.504 e. The average molecular weight is 535 g/mol. The molecule has 5 fully saturated rings. The Bertz CT molecular complexity index is 1150. The molecule has 0 aromatic heterocycles. The number of hydrogen-bond donors (Lipinski definition) is 3. The fraction of sp³-hybridized carbons (Fsp3) is 0.704. The van der Waals surface area contributed by atoms with Crippen molar-refractivity contribution >= 4 is 23.7 Å². The Labute approximate surface area is 219 Å². The highest BCUT2D eigenvalue weighted by atomic mass is 16.6. The molecule has 6 rings (SSSR count). The van der Waals surface area contributed by atoms with E-state index in [-0.39, 0.29) is 25.2 Å². The number of carbonyl (C=O) groups excluding carboxylic acids is 4. The Morgan fingerprint density at radius 3 is 2.47 bits per heavy atom. The molecule has 11 heteroatoms. The van der Waals surface area contributed by atoms with Crippen LogP contribution in [0.1, 0.15) is 40.5 Å². The smallest absolute Gasteiger partial charge is 0.348 e. The van der Waals surface area contributed by atoms with E-state index in [0.717, 1.165) is 7.11 Å². The molecule has 3 aliphatic heterocycles. The normalized spacial score (nSPS) is 45.3. The summed E-state index contributed by atoms with van der Waals surface area (Å²) < 4.78 is 22.7. The van der Waals surface area contributed by atoms with Gasteiger partial charge < -0.3 is 34.3 Å². The molecule has 2 unspecified atom stereocenters. The van der Waals surface area contributed by atoms with Crippen LogP contribution < -0.4 is 0 Å². The zero-order valence-corrected chi connectivity index (χ0v) is 22.0. The van der Waals surface area contributed by atoms with Crippen LogP contribution in [0.4, 0.5) is 0 Å². The summed E-state index contributed by atoms with van der Waals surface area (Å²) in [6, 6.07) is 0. The molecule has 0 aromatic rings. The molecule has 1 spiro atoms. The van der Waals surface area contributed by atoms with E-state index in [4.69, 9.17) is 18.9 Å². The number of hydrogen-bond acceptors (Lipinski definition) is 11. The Hall–Kier alpha value is -2.76. The van der Waals surface area contributed by atoms with Crippen molar-refractivity contribution in [2.45, 2.75) is 71.1 Å². The second-order valence-corrected chi connectivity index (χ2v) is 11.9. The van der Waals surface area contributed by atoms with Crippen molar-refractivity contribution in [3.05, 3.63) is 23.0 Å². The van der Waals surface area contributed by atoms with Crippen molar-refractivity contribution in [3.8, 4) is 0 Å². The molecule has 38 heavy (non-hydrogen) atoms. The number of rotatable bonds is 3. The lowest BCUT2D eigenvalue weighted by molar-refractivity contribution is -0.288. The Morgan fingerprint density at radius 1 is 1.16 bits per heavy atom. The summed E-state index contributed by atoms with van der Waals surface area (Å²) in [5, 5.41) is 33.6. The van der Waals surface area contributed by atoms with E-state index in [9.17, 15) is 34.5 Å². The first-order valence-electron chi connectivity index (χ1n) is 12.8. The van der Waals surface area contributed by atoms with Gasteiger partial charge in [-0.25, -0.2) is 9.59 Å². The van der Waals surface area contributed by atoms with Gasteiger partial charge in [0.2, 0.25) is 6.10 Å². The maximum atomic E-state index is 13.5. The predicted octanol–water partition coefficient (Wildman–Crippen LogP) is 0.763. The van der Waals surface area contributed by atoms with E-state index < -0.39 is 88.7 Å². The Morgan fingerprint density at radius 2 is 1.84 bits per heavy atom. The minimum absolute atomic E-state index is 0.117. The molecule has 2 bridgehead atoms. The molecule has 3 saturated heterocycles. The molecule has 2 saturated carbocycles. The van der Waals surface area contributed by atoms with Crippen LogP contribution in [0.15, 0.2) is 23.0 Å². The molecule has 0 aromatic carbocycles. The first-order chi connectivity index (χ1) is 17.8. The molecule has 6 aliphatic rings. The number of methoxy groups -OCH3 is 1. The maximum absolute atomic E-state index is 13.5. The molecule has 11 atom stereocenters. The lowest BCUT2D eigenvalue weighted by Crippen LogP contribution is -2.73. The van der Waals surface area contributed by atoms with Crippen LogP contribution in [0, 0.1) is 34.5 Å².